The van der Waals surface area contributed by atoms with Crippen molar-refractivity contribution in [2.24, 2.45) is 5.73 Å². The first-order chi connectivity index (χ1) is 9.69. The second kappa shape index (κ2) is 6.68. The molecule has 1 aromatic heterocycles. The van der Waals surface area contributed by atoms with Crippen molar-refractivity contribution < 1.29 is 9.53 Å². The van der Waals surface area contributed by atoms with E-state index >= 15 is 0 Å². The van der Waals surface area contributed by atoms with Crippen molar-refractivity contribution in [3.05, 3.63) is 53.7 Å². The van der Waals surface area contributed by atoms with Crippen LogP contribution in [0, 0.1) is 6.92 Å². The molecule has 0 atom stereocenters. The lowest BCUT2D eigenvalue weighted by Crippen LogP contribution is -2.22. The fraction of sp³-hybridized carbons (Fsp3) is 0.200. The molecule has 0 saturated heterocycles. The third-order valence-corrected chi connectivity index (χ3v) is 2.76. The van der Waals surface area contributed by atoms with Gasteiger partial charge in [0.15, 0.2) is 6.61 Å². The SMILES string of the molecule is Cc1ccc(OCC(=O)Nc2ncccc2CN)cc1. The molecule has 1 aromatic carbocycles. The van der Waals surface area contributed by atoms with Crippen LogP contribution < -0.4 is 15.8 Å². The Morgan fingerprint density at radius 1 is 1.30 bits per heavy atom. The summed E-state index contributed by atoms with van der Waals surface area (Å²) in [6, 6.07) is 11.1. The van der Waals surface area contributed by atoms with Crippen LogP contribution in [-0.2, 0) is 11.3 Å². The van der Waals surface area contributed by atoms with E-state index in [0.717, 1.165) is 11.1 Å². The number of nitrogens with two attached hydrogens (primary N) is 1. The molecular formula is C15H17N3O2. The minimum Gasteiger partial charge on any atom is -0.484 e. The third kappa shape index (κ3) is 3.80. The van der Waals surface area contributed by atoms with Gasteiger partial charge in [0.2, 0.25) is 0 Å². The van der Waals surface area contributed by atoms with E-state index in [-0.39, 0.29) is 12.5 Å². The number of rotatable bonds is 5. The number of nitrogens with zero attached hydrogens (tertiary/aromatic N) is 1. The number of carbonyl (C=O) groups is 1. The molecule has 5 nitrogen and oxygen atoms in total. The number of ether oxygens (including phenoxy) is 1. The quantitative estimate of drug-likeness (QED) is 0.870. The van der Waals surface area contributed by atoms with Crippen LogP contribution in [0.5, 0.6) is 5.75 Å². The zero-order valence-corrected chi connectivity index (χ0v) is 11.3. The second-order valence-corrected chi connectivity index (χ2v) is 4.37. The molecule has 1 amide bonds. The van der Waals surface area contributed by atoms with Gasteiger partial charge in [-0.3, -0.25) is 4.79 Å². The van der Waals surface area contributed by atoms with Gasteiger partial charge in [-0.25, -0.2) is 4.98 Å². The van der Waals surface area contributed by atoms with Crippen LogP contribution in [0.3, 0.4) is 0 Å². The van der Waals surface area contributed by atoms with Crippen LogP contribution in [0.15, 0.2) is 42.6 Å². The van der Waals surface area contributed by atoms with E-state index in [9.17, 15) is 4.79 Å². The minimum absolute atomic E-state index is 0.0658. The summed E-state index contributed by atoms with van der Waals surface area (Å²) in [5.41, 5.74) is 7.51. The van der Waals surface area contributed by atoms with E-state index in [1.54, 1.807) is 12.3 Å². The molecule has 0 aliphatic heterocycles. The summed E-state index contributed by atoms with van der Waals surface area (Å²) in [4.78, 5) is 15.9. The Hall–Kier alpha value is -2.40. The zero-order valence-electron chi connectivity index (χ0n) is 11.3. The number of carbonyl (C=O) groups excluding carboxylic acids is 1. The maximum Gasteiger partial charge on any atom is 0.263 e. The molecule has 104 valence electrons. The summed E-state index contributed by atoms with van der Waals surface area (Å²) < 4.78 is 5.40. The Labute approximate surface area is 117 Å². The van der Waals surface area contributed by atoms with Crippen LogP contribution in [0.4, 0.5) is 5.82 Å². The van der Waals surface area contributed by atoms with Gasteiger partial charge in [0.25, 0.3) is 5.91 Å². The van der Waals surface area contributed by atoms with Gasteiger partial charge in [-0.2, -0.15) is 0 Å². The topological polar surface area (TPSA) is 77.2 Å². The van der Waals surface area contributed by atoms with Crippen LogP contribution in [0.2, 0.25) is 0 Å². The van der Waals surface area contributed by atoms with Gasteiger partial charge in [0, 0.05) is 18.3 Å². The molecule has 20 heavy (non-hydrogen) atoms. The van der Waals surface area contributed by atoms with Gasteiger partial charge in [-0.15, -0.1) is 0 Å². The predicted molar refractivity (Wildman–Crippen MR) is 77.4 cm³/mol. The minimum atomic E-state index is -0.265. The van der Waals surface area contributed by atoms with Gasteiger partial charge in [-0.05, 0) is 25.1 Å². The van der Waals surface area contributed by atoms with Crippen LogP contribution in [-0.4, -0.2) is 17.5 Å². The molecular weight excluding hydrogens is 254 g/mol. The molecule has 0 radical (unpaired) electrons. The van der Waals surface area contributed by atoms with Crippen LogP contribution in [0.25, 0.3) is 0 Å². The van der Waals surface area contributed by atoms with Gasteiger partial charge in [0.1, 0.15) is 11.6 Å². The fourth-order valence-electron chi connectivity index (χ4n) is 1.67. The van der Waals surface area contributed by atoms with Gasteiger partial charge < -0.3 is 15.8 Å². The molecule has 0 unspecified atom stereocenters. The summed E-state index contributed by atoms with van der Waals surface area (Å²) in [5.74, 6) is 0.873. The molecule has 0 aliphatic rings. The van der Waals surface area contributed by atoms with Gasteiger partial charge in [-0.1, -0.05) is 23.8 Å². The number of nitrogens with one attached hydrogen (secondary N) is 1. The second-order valence-electron chi connectivity index (χ2n) is 4.37. The monoisotopic (exact) mass is 271 g/mol. The van der Waals surface area contributed by atoms with E-state index in [4.69, 9.17) is 10.5 Å². The first kappa shape index (κ1) is 14.0. The first-order valence-corrected chi connectivity index (χ1v) is 6.32. The Morgan fingerprint density at radius 2 is 2.05 bits per heavy atom. The van der Waals surface area contributed by atoms with Crippen molar-refractivity contribution in [2.45, 2.75) is 13.5 Å². The summed E-state index contributed by atoms with van der Waals surface area (Å²) in [6.45, 7) is 2.25. The summed E-state index contributed by atoms with van der Waals surface area (Å²) in [6.07, 6.45) is 1.61. The molecule has 0 saturated carbocycles. The largest absolute Gasteiger partial charge is 0.484 e. The fourth-order valence-corrected chi connectivity index (χ4v) is 1.67. The molecule has 3 N–H and O–H groups in total. The molecule has 0 aliphatic carbocycles. The van der Waals surface area contributed by atoms with E-state index in [1.807, 2.05) is 37.3 Å². The average Bonchev–Trinajstić information content (AvgIpc) is 2.47. The van der Waals surface area contributed by atoms with Crippen molar-refractivity contribution in [1.82, 2.24) is 4.98 Å². The zero-order chi connectivity index (χ0) is 14.4. The van der Waals surface area contributed by atoms with E-state index in [2.05, 4.69) is 10.3 Å². The van der Waals surface area contributed by atoms with E-state index in [1.165, 1.54) is 0 Å². The van der Waals surface area contributed by atoms with Crippen molar-refractivity contribution in [3.63, 3.8) is 0 Å². The molecule has 5 heteroatoms. The standard InChI is InChI=1S/C15H17N3O2/c1-11-4-6-13(7-5-11)20-10-14(19)18-15-12(9-16)3-2-8-17-15/h2-8H,9-10,16H2,1H3,(H,17,18,19). The van der Waals surface area contributed by atoms with Gasteiger partial charge >= 0.3 is 0 Å². The number of amides is 1. The number of hydrogen-bond acceptors (Lipinski definition) is 4. The van der Waals surface area contributed by atoms with Crippen molar-refractivity contribution in [3.8, 4) is 5.75 Å². The lowest BCUT2D eigenvalue weighted by atomic mass is 10.2. The van der Waals surface area contributed by atoms with Gasteiger partial charge in [0.05, 0.1) is 0 Å². The highest BCUT2D eigenvalue weighted by Gasteiger charge is 2.07. The summed E-state index contributed by atoms with van der Waals surface area (Å²) >= 11 is 0. The molecule has 1 heterocycles. The Morgan fingerprint density at radius 3 is 2.75 bits per heavy atom. The van der Waals surface area contributed by atoms with E-state index < -0.39 is 0 Å². The molecule has 2 aromatic rings. The molecule has 2 rings (SSSR count). The van der Waals surface area contributed by atoms with Crippen LogP contribution >= 0.6 is 0 Å². The highest BCUT2D eigenvalue weighted by Crippen LogP contribution is 2.12. The normalized spacial score (nSPS) is 10.1. The van der Waals surface area contributed by atoms with E-state index in [0.29, 0.717) is 18.1 Å². The van der Waals surface area contributed by atoms with Crippen LogP contribution in [0.1, 0.15) is 11.1 Å². The number of pyridine rings is 1. The Balaban J connectivity index is 1.91. The van der Waals surface area contributed by atoms with Crippen molar-refractivity contribution in [2.75, 3.05) is 11.9 Å². The lowest BCUT2D eigenvalue weighted by Gasteiger charge is -2.09. The number of aryl methyl sites for hydroxylation is 1. The van der Waals surface area contributed by atoms with Crippen molar-refractivity contribution in [1.29, 1.82) is 0 Å². The Bertz CT molecular complexity index is 582. The predicted octanol–water partition coefficient (Wildman–Crippen LogP) is 1.87. The first-order valence-electron chi connectivity index (χ1n) is 6.32. The average molecular weight is 271 g/mol. The summed E-state index contributed by atoms with van der Waals surface area (Å²) in [7, 11) is 0. The molecule has 0 bridgehead atoms. The number of anilines is 1. The Kier molecular flexibility index (Phi) is 4.68. The smallest absolute Gasteiger partial charge is 0.263 e. The number of benzene rings is 1. The molecule has 0 spiro atoms. The molecule has 0 fully saturated rings. The highest BCUT2D eigenvalue weighted by molar-refractivity contribution is 5.91. The number of aromatic nitrogens is 1. The maximum atomic E-state index is 11.8. The van der Waals surface area contributed by atoms with Crippen molar-refractivity contribution >= 4 is 11.7 Å². The third-order valence-electron chi connectivity index (χ3n) is 2.76. The highest BCUT2D eigenvalue weighted by atomic mass is 16.5. The maximum absolute atomic E-state index is 11.8. The number of hydrogen-bond donors (Lipinski definition) is 2. The lowest BCUT2D eigenvalue weighted by molar-refractivity contribution is -0.118. The summed E-state index contributed by atoms with van der Waals surface area (Å²) in [5, 5.41) is 2.69.